The van der Waals surface area contributed by atoms with Gasteiger partial charge in [-0.1, -0.05) is 0 Å². The number of fused-ring (bicyclic) bond motifs is 3. The van der Waals surface area contributed by atoms with Crippen molar-refractivity contribution in [1.82, 2.24) is 4.90 Å². The summed E-state index contributed by atoms with van der Waals surface area (Å²) in [5.74, 6) is -2.48. The van der Waals surface area contributed by atoms with Crippen molar-refractivity contribution in [2.45, 2.75) is 37.4 Å². The predicted octanol–water partition coefficient (Wildman–Crippen LogP) is 1.14. The number of benzene rings is 1. The molecule has 0 bridgehead atoms. The molecular weight excluding hydrogens is 464 g/mol. The Morgan fingerprint density at radius 3 is 2.40 bits per heavy atom. The zero-order chi connectivity index (χ0) is 26.1. The summed E-state index contributed by atoms with van der Waals surface area (Å²) < 4.78 is 0. The number of nitrogens with zero attached hydrogens (tertiary/aromatic N) is 2. The fraction of sp³-hybridized carbons (Fsp3) is 0.480. The van der Waals surface area contributed by atoms with Gasteiger partial charge in [0.05, 0.1) is 0 Å². The Morgan fingerprint density at radius 2 is 1.89 bits per heavy atom. The molecule has 186 valence electrons. The van der Waals surface area contributed by atoms with Gasteiger partial charge < -0.3 is 0 Å². The molecule has 0 spiro atoms. The summed E-state index contributed by atoms with van der Waals surface area (Å²) in [6.45, 7) is 2.00. The van der Waals surface area contributed by atoms with Crippen molar-refractivity contribution in [1.29, 1.82) is 0 Å². The summed E-state index contributed by atoms with van der Waals surface area (Å²) in [4.78, 5) is 29.9. The van der Waals surface area contributed by atoms with Crippen LogP contribution in [0.4, 0.5) is 5.69 Å². The van der Waals surface area contributed by atoms with Crippen LogP contribution >= 0.6 is 9.24 Å². The number of hydrogen-bond acceptors (Lipinski definition) is 7. The molecule has 4 rings (SSSR count). The third kappa shape index (κ3) is 3.39. The number of anilines is 1. The molecule has 1 unspecified atom stereocenters. The summed E-state index contributed by atoms with van der Waals surface area (Å²) in [5, 5.41) is 32.4. The molecule has 0 saturated heterocycles. The van der Waals surface area contributed by atoms with Gasteiger partial charge >= 0.3 is 209 Å². The van der Waals surface area contributed by atoms with Crippen molar-refractivity contribution < 1.29 is 24.9 Å². The van der Waals surface area contributed by atoms with Gasteiger partial charge in [0.2, 0.25) is 0 Å². The van der Waals surface area contributed by atoms with Crippen LogP contribution in [0, 0.1) is 11.8 Å². The second-order valence-corrected chi connectivity index (χ2v) is 11.1. The molecule has 0 aromatic heterocycles. The topological polar surface area (TPSA) is 127 Å². The first-order chi connectivity index (χ1) is 16.3. The van der Waals surface area contributed by atoms with E-state index in [2.05, 4.69) is 16.7 Å². The summed E-state index contributed by atoms with van der Waals surface area (Å²) >= 11 is 0. The predicted molar refractivity (Wildman–Crippen MR) is 142 cm³/mol. The molecule has 1 aromatic rings. The van der Waals surface area contributed by atoms with Crippen molar-refractivity contribution in [3.63, 3.8) is 0 Å². The normalized spacial score (nSPS) is 28.1. The van der Waals surface area contributed by atoms with Crippen LogP contribution in [-0.4, -0.2) is 84.2 Å². The van der Waals surface area contributed by atoms with Crippen molar-refractivity contribution in [3.8, 4) is 5.75 Å². The third-order valence-corrected chi connectivity index (χ3v) is 8.96. The van der Waals surface area contributed by atoms with Crippen LogP contribution in [0.3, 0.4) is 0 Å². The van der Waals surface area contributed by atoms with Crippen molar-refractivity contribution >= 4 is 39.6 Å². The van der Waals surface area contributed by atoms with E-state index in [4.69, 9.17) is 5.73 Å². The summed E-state index contributed by atoms with van der Waals surface area (Å²) in [6, 6.07) is 1.00. The fourth-order valence-corrected chi connectivity index (χ4v) is 7.05. The van der Waals surface area contributed by atoms with Gasteiger partial charge in [0, 0.05) is 0 Å². The number of likely N-dealkylation sites (N-methyl/N-ethyl adjacent to an activating group) is 1. The Bertz CT molecular complexity index is 1240. The second-order valence-electron chi connectivity index (χ2n) is 10.2. The van der Waals surface area contributed by atoms with Crippen LogP contribution in [0.2, 0.25) is 0 Å². The van der Waals surface area contributed by atoms with Gasteiger partial charge in [-0.05, 0) is 0 Å². The number of aromatic hydroxyl groups is 1. The maximum absolute atomic E-state index is 13.9. The minimum absolute atomic E-state index is 0.102. The average molecular weight is 497 g/mol. The van der Waals surface area contributed by atoms with Gasteiger partial charge in [0.15, 0.2) is 0 Å². The van der Waals surface area contributed by atoms with Crippen molar-refractivity contribution in [2.24, 2.45) is 17.6 Å². The van der Waals surface area contributed by atoms with Crippen molar-refractivity contribution in [2.75, 3.05) is 33.1 Å². The molecule has 5 N–H and O–H groups in total. The number of ketones is 1. The number of phenols is 1. The molecule has 10 heteroatoms. The van der Waals surface area contributed by atoms with Crippen LogP contribution in [0.15, 0.2) is 28.7 Å². The number of aliphatic hydroxyl groups excluding tert-OH is 2. The van der Waals surface area contributed by atoms with Crippen LogP contribution in [0.1, 0.15) is 34.8 Å². The van der Waals surface area contributed by atoms with Crippen molar-refractivity contribution in [3.05, 3.63) is 45.4 Å². The molecule has 8 nitrogen and oxygen atoms in total. The molecule has 3 aliphatic carbocycles. The molecule has 35 heavy (non-hydrogen) atoms. The van der Waals surface area contributed by atoms with E-state index in [0.717, 1.165) is 16.8 Å². The van der Waals surface area contributed by atoms with Crippen LogP contribution in [0.25, 0.3) is 0 Å². The number of rotatable bonds is 4. The van der Waals surface area contributed by atoms with Crippen LogP contribution in [0.5, 0.6) is 5.75 Å². The fourth-order valence-electron chi connectivity index (χ4n) is 6.44. The van der Waals surface area contributed by atoms with Crippen LogP contribution in [-0.2, 0) is 17.6 Å². The van der Waals surface area contributed by atoms with Gasteiger partial charge in [-0.3, -0.25) is 0 Å². The first-order valence-corrected chi connectivity index (χ1v) is 12.3. The van der Waals surface area contributed by atoms with E-state index < -0.39 is 28.8 Å². The van der Waals surface area contributed by atoms with E-state index in [1.807, 2.05) is 25.9 Å². The summed E-state index contributed by atoms with van der Waals surface area (Å²) in [6.07, 6.45) is 1.60. The Morgan fingerprint density at radius 1 is 1.26 bits per heavy atom. The number of aryl methyl sites for hydroxylation is 1. The first-order valence-electron chi connectivity index (χ1n) is 11.7. The number of amides is 1. The number of carbonyl (C=O) groups is 2. The number of allylic oxidation sites excluding steroid dienone is 2. The number of carbonyl (C=O) groups excluding carboxylic acids is 2. The van der Waals surface area contributed by atoms with E-state index in [9.17, 15) is 24.9 Å². The summed E-state index contributed by atoms with van der Waals surface area (Å²) in [7, 11) is 14.0. The third-order valence-electron chi connectivity index (χ3n) is 7.91. The molecule has 0 heterocycles. The molecule has 0 fully saturated rings. The minimum atomic E-state index is -1.27. The van der Waals surface area contributed by atoms with Gasteiger partial charge in [-0.2, -0.15) is 0 Å². The number of Topliss-reactive ketones (excluding diaryl/α,β-unsaturated/α-hetero) is 1. The van der Waals surface area contributed by atoms with Gasteiger partial charge in [0.1, 0.15) is 0 Å². The van der Waals surface area contributed by atoms with E-state index in [-0.39, 0.29) is 45.4 Å². The zero-order valence-corrected chi connectivity index (χ0v) is 22.0. The quantitative estimate of drug-likeness (QED) is 0.363. The second kappa shape index (κ2) is 8.49. The monoisotopic (exact) mass is 497 g/mol. The standard InChI is InChI=1S/C25H33BN3O5P/c1-6-10-9-14(30)16-12(18(10)28(2)3)7-11-8-13-19(29(4)5)21(32)17(24(27)34)22(26)25(13,35)23(33)15(11)20(16)31/h9,11,13,19,26,30,32-33H,6-8,35H2,1-5H3,(H2,27,34)/t11-,13-,19-,25+/m0/s1. The number of primary amides is 1. The molecular formula is C25H33BN3O5P. The molecule has 3 aliphatic rings. The molecule has 0 aliphatic heterocycles. The van der Waals surface area contributed by atoms with E-state index >= 15 is 0 Å². The number of phenolic OH excluding ortho intramolecular Hbond substituents is 1. The number of nitrogens with two attached hydrogens (primary N) is 1. The summed E-state index contributed by atoms with van der Waals surface area (Å²) in [5.41, 5.74) is 8.68. The van der Waals surface area contributed by atoms with E-state index in [0.29, 0.717) is 19.3 Å². The SMILES string of the molecule is B=C1C(C(N)=O)=C(O)[C@@H](N(C)C)[C@@H]2C[C@@H]3Cc4c(c(O)cc(CC)c4N(C)C)C(=O)C3=C(O)[C@]12P. The molecule has 1 aromatic carbocycles. The maximum atomic E-state index is 13.9. The van der Waals surface area contributed by atoms with Crippen LogP contribution < -0.4 is 10.6 Å². The molecule has 0 saturated carbocycles. The van der Waals surface area contributed by atoms with Gasteiger partial charge in [-0.15, -0.1) is 0 Å². The molecule has 5 atom stereocenters. The Labute approximate surface area is 208 Å². The molecule has 0 radical (unpaired) electrons. The Kier molecular flexibility index (Phi) is 6.17. The molecule has 1 amide bonds. The average Bonchev–Trinajstić information content (AvgIpc) is 2.74. The van der Waals surface area contributed by atoms with E-state index in [1.54, 1.807) is 25.1 Å². The first kappa shape index (κ1) is 25.5. The Hall–Kier alpha value is -2.64. The number of aliphatic hydroxyl groups is 2. The Balaban J connectivity index is 1.99. The number of hydrogen-bond donors (Lipinski definition) is 4. The van der Waals surface area contributed by atoms with Gasteiger partial charge in [-0.25, -0.2) is 0 Å². The zero-order valence-electron chi connectivity index (χ0n) is 20.8. The van der Waals surface area contributed by atoms with Gasteiger partial charge in [0.25, 0.3) is 0 Å². The van der Waals surface area contributed by atoms with E-state index in [1.165, 1.54) is 0 Å².